The lowest BCUT2D eigenvalue weighted by Crippen LogP contribution is -2.13. The Labute approximate surface area is 118 Å². The fraction of sp³-hybridized carbons (Fsp3) is 0.333. The van der Waals surface area contributed by atoms with Gasteiger partial charge < -0.3 is 14.8 Å². The molecule has 5 nitrogen and oxygen atoms in total. The zero-order valence-corrected chi connectivity index (χ0v) is 11.8. The van der Waals surface area contributed by atoms with Gasteiger partial charge in [-0.2, -0.15) is 5.10 Å². The SMILES string of the molecule is CCNCc1ccc(Oc2cccc(COC)c2)nn1. The Hall–Kier alpha value is -1.98. The number of ether oxygens (including phenoxy) is 2. The zero-order valence-electron chi connectivity index (χ0n) is 11.8. The molecule has 5 heteroatoms. The van der Waals surface area contributed by atoms with Crippen molar-refractivity contribution in [2.24, 2.45) is 0 Å². The molecule has 0 aliphatic carbocycles. The first-order valence-electron chi connectivity index (χ1n) is 6.61. The summed E-state index contributed by atoms with van der Waals surface area (Å²) in [6, 6.07) is 11.5. The second-order valence-corrected chi connectivity index (χ2v) is 4.33. The van der Waals surface area contributed by atoms with Gasteiger partial charge in [0.25, 0.3) is 0 Å². The van der Waals surface area contributed by atoms with Crippen molar-refractivity contribution in [1.29, 1.82) is 0 Å². The molecule has 1 N–H and O–H groups in total. The Bertz CT molecular complexity index is 529. The van der Waals surface area contributed by atoms with Gasteiger partial charge in [0.15, 0.2) is 0 Å². The van der Waals surface area contributed by atoms with Crippen molar-refractivity contribution < 1.29 is 9.47 Å². The van der Waals surface area contributed by atoms with Gasteiger partial charge in [-0.1, -0.05) is 19.1 Å². The third kappa shape index (κ3) is 4.29. The lowest BCUT2D eigenvalue weighted by atomic mass is 10.2. The highest BCUT2D eigenvalue weighted by Gasteiger charge is 2.02. The normalized spacial score (nSPS) is 10.5. The fourth-order valence-corrected chi connectivity index (χ4v) is 1.74. The van der Waals surface area contributed by atoms with Crippen LogP contribution in [0, 0.1) is 0 Å². The summed E-state index contributed by atoms with van der Waals surface area (Å²) in [7, 11) is 1.67. The van der Waals surface area contributed by atoms with Gasteiger partial charge in [0.05, 0.1) is 12.3 Å². The van der Waals surface area contributed by atoms with E-state index in [-0.39, 0.29) is 0 Å². The topological polar surface area (TPSA) is 56.3 Å². The highest BCUT2D eigenvalue weighted by Crippen LogP contribution is 2.20. The molecule has 0 spiro atoms. The van der Waals surface area contributed by atoms with Crippen molar-refractivity contribution in [3.8, 4) is 11.6 Å². The van der Waals surface area contributed by atoms with E-state index in [9.17, 15) is 0 Å². The summed E-state index contributed by atoms with van der Waals surface area (Å²) in [6.45, 7) is 4.24. The molecule has 0 aliphatic rings. The molecule has 0 saturated heterocycles. The van der Waals surface area contributed by atoms with E-state index in [1.807, 2.05) is 36.4 Å². The van der Waals surface area contributed by atoms with Gasteiger partial charge >= 0.3 is 0 Å². The molecule has 0 aliphatic heterocycles. The number of aromatic nitrogens is 2. The van der Waals surface area contributed by atoms with E-state index in [1.54, 1.807) is 7.11 Å². The van der Waals surface area contributed by atoms with Crippen LogP contribution in [0.3, 0.4) is 0 Å². The van der Waals surface area contributed by atoms with Crippen LogP contribution in [0.2, 0.25) is 0 Å². The van der Waals surface area contributed by atoms with Crippen LogP contribution in [0.4, 0.5) is 0 Å². The molecule has 20 heavy (non-hydrogen) atoms. The Kier molecular flexibility index (Phi) is 5.46. The summed E-state index contributed by atoms with van der Waals surface area (Å²) in [6.07, 6.45) is 0. The maximum absolute atomic E-state index is 5.68. The third-order valence-electron chi connectivity index (χ3n) is 2.68. The van der Waals surface area contributed by atoms with Gasteiger partial charge in [0.2, 0.25) is 5.88 Å². The standard InChI is InChI=1S/C15H19N3O2/c1-3-16-10-13-7-8-15(18-17-13)20-14-6-4-5-12(9-14)11-19-2/h4-9,16H,3,10-11H2,1-2H3. The number of methoxy groups -OCH3 is 1. The number of hydrogen-bond donors (Lipinski definition) is 1. The van der Waals surface area contributed by atoms with Gasteiger partial charge in [-0.3, -0.25) is 0 Å². The smallest absolute Gasteiger partial charge is 0.238 e. The van der Waals surface area contributed by atoms with Crippen molar-refractivity contribution >= 4 is 0 Å². The van der Waals surface area contributed by atoms with Crippen LogP contribution in [0.5, 0.6) is 11.6 Å². The van der Waals surface area contributed by atoms with E-state index in [4.69, 9.17) is 9.47 Å². The Morgan fingerprint density at radius 2 is 2.05 bits per heavy atom. The van der Waals surface area contributed by atoms with Crippen molar-refractivity contribution in [2.75, 3.05) is 13.7 Å². The summed E-state index contributed by atoms with van der Waals surface area (Å²) in [4.78, 5) is 0. The first kappa shape index (κ1) is 14.4. The van der Waals surface area contributed by atoms with Crippen LogP contribution >= 0.6 is 0 Å². The van der Waals surface area contributed by atoms with Crippen LogP contribution < -0.4 is 10.1 Å². The fourth-order valence-electron chi connectivity index (χ4n) is 1.74. The Morgan fingerprint density at radius 1 is 1.15 bits per heavy atom. The lowest BCUT2D eigenvalue weighted by molar-refractivity contribution is 0.184. The maximum atomic E-state index is 5.68. The summed E-state index contributed by atoms with van der Waals surface area (Å²) < 4.78 is 10.8. The molecule has 1 heterocycles. The van der Waals surface area contributed by atoms with Gasteiger partial charge in [0.1, 0.15) is 5.75 Å². The van der Waals surface area contributed by atoms with Crippen molar-refractivity contribution in [2.45, 2.75) is 20.1 Å². The minimum Gasteiger partial charge on any atom is -0.438 e. The molecule has 1 aromatic carbocycles. The Morgan fingerprint density at radius 3 is 2.75 bits per heavy atom. The summed E-state index contributed by atoms with van der Waals surface area (Å²) >= 11 is 0. The summed E-state index contributed by atoms with van der Waals surface area (Å²) in [5.74, 6) is 1.22. The first-order chi connectivity index (χ1) is 9.81. The van der Waals surface area contributed by atoms with Gasteiger partial charge in [0, 0.05) is 19.7 Å². The number of rotatable bonds is 7. The molecule has 0 amide bonds. The number of hydrogen-bond acceptors (Lipinski definition) is 5. The number of nitrogens with zero attached hydrogens (tertiary/aromatic N) is 2. The predicted octanol–water partition coefficient (Wildman–Crippen LogP) is 2.52. The Balaban J connectivity index is 2.00. The lowest BCUT2D eigenvalue weighted by Gasteiger charge is -2.07. The van der Waals surface area contributed by atoms with E-state index in [1.165, 1.54) is 0 Å². The number of nitrogens with one attached hydrogen (secondary N) is 1. The molecule has 0 bridgehead atoms. The molecule has 0 atom stereocenters. The highest BCUT2D eigenvalue weighted by atomic mass is 16.5. The van der Waals surface area contributed by atoms with Crippen LogP contribution in [0.25, 0.3) is 0 Å². The quantitative estimate of drug-likeness (QED) is 0.840. The van der Waals surface area contributed by atoms with E-state index >= 15 is 0 Å². The zero-order chi connectivity index (χ0) is 14.2. The molecule has 0 radical (unpaired) electrons. The summed E-state index contributed by atoms with van der Waals surface area (Å²) in [5, 5.41) is 11.4. The second-order valence-electron chi connectivity index (χ2n) is 4.33. The summed E-state index contributed by atoms with van der Waals surface area (Å²) in [5.41, 5.74) is 1.95. The molecule has 0 fully saturated rings. The van der Waals surface area contributed by atoms with Crippen LogP contribution in [0.15, 0.2) is 36.4 Å². The minimum absolute atomic E-state index is 0.486. The molecule has 106 valence electrons. The number of benzene rings is 1. The molecule has 1 aromatic heterocycles. The van der Waals surface area contributed by atoms with Crippen LogP contribution in [-0.2, 0) is 17.9 Å². The molecule has 2 aromatic rings. The van der Waals surface area contributed by atoms with E-state index < -0.39 is 0 Å². The average molecular weight is 273 g/mol. The van der Waals surface area contributed by atoms with E-state index in [0.717, 1.165) is 23.6 Å². The average Bonchev–Trinajstić information content (AvgIpc) is 2.47. The second kappa shape index (κ2) is 7.57. The molecular weight excluding hydrogens is 254 g/mol. The predicted molar refractivity (Wildman–Crippen MR) is 76.6 cm³/mol. The van der Waals surface area contributed by atoms with Crippen molar-refractivity contribution in [3.05, 3.63) is 47.7 Å². The molecule has 0 unspecified atom stereocenters. The van der Waals surface area contributed by atoms with Crippen molar-refractivity contribution in [3.63, 3.8) is 0 Å². The van der Waals surface area contributed by atoms with Crippen molar-refractivity contribution in [1.82, 2.24) is 15.5 Å². The molecular formula is C15H19N3O2. The van der Waals surface area contributed by atoms with E-state index in [2.05, 4.69) is 22.4 Å². The van der Waals surface area contributed by atoms with Crippen LogP contribution in [0.1, 0.15) is 18.2 Å². The largest absolute Gasteiger partial charge is 0.438 e. The van der Waals surface area contributed by atoms with Gasteiger partial charge in [-0.15, -0.1) is 5.10 Å². The molecule has 0 saturated carbocycles. The monoisotopic (exact) mass is 273 g/mol. The highest BCUT2D eigenvalue weighted by molar-refractivity contribution is 5.31. The minimum atomic E-state index is 0.486. The van der Waals surface area contributed by atoms with Gasteiger partial charge in [-0.25, -0.2) is 0 Å². The van der Waals surface area contributed by atoms with E-state index in [0.29, 0.717) is 19.0 Å². The third-order valence-corrected chi connectivity index (χ3v) is 2.68. The van der Waals surface area contributed by atoms with Crippen LogP contribution in [-0.4, -0.2) is 23.9 Å². The maximum Gasteiger partial charge on any atom is 0.238 e. The van der Waals surface area contributed by atoms with Gasteiger partial charge in [-0.05, 0) is 30.3 Å². The molecule has 2 rings (SSSR count). The first-order valence-corrected chi connectivity index (χ1v) is 6.61.